The Morgan fingerprint density at radius 2 is 2.38 bits per heavy atom. The summed E-state index contributed by atoms with van der Waals surface area (Å²) >= 11 is 0. The summed E-state index contributed by atoms with van der Waals surface area (Å²) in [6.07, 6.45) is 1.46. The lowest BCUT2D eigenvalue weighted by Gasteiger charge is -2.27. The maximum Gasteiger partial charge on any atom is 0.119 e. The molecule has 0 radical (unpaired) electrons. The monoisotopic (exact) mass is 221 g/mol. The number of aliphatic hydroxyl groups excluding tert-OH is 1. The molecule has 1 aromatic carbocycles. The average Bonchev–Trinajstić information content (AvgIpc) is 2.30. The van der Waals surface area contributed by atoms with Crippen LogP contribution in [0.2, 0.25) is 0 Å². The van der Waals surface area contributed by atoms with Gasteiger partial charge in [0.1, 0.15) is 5.75 Å². The lowest BCUT2D eigenvalue weighted by molar-refractivity contribution is 0.116. The molecule has 3 heteroatoms. The second-order valence-electron chi connectivity index (χ2n) is 4.19. The molecule has 3 nitrogen and oxygen atoms in total. The van der Waals surface area contributed by atoms with Crippen LogP contribution in [-0.4, -0.2) is 24.4 Å². The summed E-state index contributed by atoms with van der Waals surface area (Å²) in [5.74, 6) is 0.905. The van der Waals surface area contributed by atoms with E-state index in [1.165, 1.54) is 5.56 Å². The number of rotatable bonds is 3. The first kappa shape index (κ1) is 11.4. The van der Waals surface area contributed by atoms with Gasteiger partial charge in [-0.15, -0.1) is 0 Å². The molecule has 0 aromatic heterocycles. The van der Waals surface area contributed by atoms with Crippen molar-refractivity contribution in [1.82, 2.24) is 5.32 Å². The summed E-state index contributed by atoms with van der Waals surface area (Å²) in [7, 11) is 0. The summed E-state index contributed by atoms with van der Waals surface area (Å²) in [5.41, 5.74) is 1.20. The molecular formula is C13H19NO2. The van der Waals surface area contributed by atoms with E-state index in [1.807, 2.05) is 19.1 Å². The van der Waals surface area contributed by atoms with Crippen LogP contribution in [0, 0.1) is 0 Å². The van der Waals surface area contributed by atoms with E-state index in [4.69, 9.17) is 4.74 Å². The molecule has 1 aliphatic heterocycles. The second-order valence-corrected chi connectivity index (χ2v) is 4.19. The van der Waals surface area contributed by atoms with Crippen LogP contribution < -0.4 is 10.1 Å². The van der Waals surface area contributed by atoms with Crippen LogP contribution in [0.3, 0.4) is 0 Å². The summed E-state index contributed by atoms with van der Waals surface area (Å²) in [6, 6.07) is 8.36. The predicted molar refractivity (Wildman–Crippen MR) is 63.6 cm³/mol. The molecule has 1 heterocycles. The van der Waals surface area contributed by atoms with E-state index in [9.17, 15) is 5.11 Å². The van der Waals surface area contributed by atoms with Gasteiger partial charge in [0.05, 0.1) is 12.7 Å². The van der Waals surface area contributed by atoms with Gasteiger partial charge in [-0.2, -0.15) is 0 Å². The summed E-state index contributed by atoms with van der Waals surface area (Å²) in [5, 5.41) is 13.1. The predicted octanol–water partition coefficient (Wildman–Crippen LogP) is 1.87. The van der Waals surface area contributed by atoms with Gasteiger partial charge >= 0.3 is 0 Å². The third-order valence-electron chi connectivity index (χ3n) is 2.95. The Kier molecular flexibility index (Phi) is 3.80. The van der Waals surface area contributed by atoms with Gasteiger partial charge in [0, 0.05) is 6.04 Å². The second kappa shape index (κ2) is 5.32. The molecule has 1 fully saturated rings. The van der Waals surface area contributed by atoms with Gasteiger partial charge in [-0.25, -0.2) is 0 Å². The maximum absolute atomic E-state index is 9.64. The number of ether oxygens (including phenoxy) is 1. The third kappa shape index (κ3) is 2.74. The van der Waals surface area contributed by atoms with Crippen molar-refractivity contribution >= 4 is 0 Å². The van der Waals surface area contributed by atoms with Crippen molar-refractivity contribution in [2.24, 2.45) is 0 Å². The van der Waals surface area contributed by atoms with E-state index in [1.54, 1.807) is 0 Å². The van der Waals surface area contributed by atoms with Gasteiger partial charge in [-0.05, 0) is 44.0 Å². The average molecular weight is 221 g/mol. The molecule has 2 N–H and O–H groups in total. The van der Waals surface area contributed by atoms with Gasteiger partial charge in [-0.3, -0.25) is 0 Å². The minimum Gasteiger partial charge on any atom is -0.494 e. The van der Waals surface area contributed by atoms with Crippen molar-refractivity contribution < 1.29 is 9.84 Å². The molecule has 0 amide bonds. The number of hydrogen-bond acceptors (Lipinski definition) is 3. The van der Waals surface area contributed by atoms with E-state index in [2.05, 4.69) is 17.4 Å². The lowest BCUT2D eigenvalue weighted by Crippen LogP contribution is -2.34. The fourth-order valence-corrected chi connectivity index (χ4v) is 2.14. The highest BCUT2D eigenvalue weighted by molar-refractivity contribution is 5.30. The van der Waals surface area contributed by atoms with Crippen LogP contribution in [0.4, 0.5) is 0 Å². The van der Waals surface area contributed by atoms with Gasteiger partial charge in [0.25, 0.3) is 0 Å². The first-order chi connectivity index (χ1) is 7.79. The fourth-order valence-electron chi connectivity index (χ4n) is 2.14. The van der Waals surface area contributed by atoms with E-state index in [0.29, 0.717) is 6.61 Å². The topological polar surface area (TPSA) is 41.5 Å². The van der Waals surface area contributed by atoms with Crippen molar-refractivity contribution in [3.05, 3.63) is 29.8 Å². The van der Waals surface area contributed by atoms with Gasteiger partial charge in [0.15, 0.2) is 0 Å². The number of piperidine rings is 1. The van der Waals surface area contributed by atoms with E-state index < -0.39 is 0 Å². The number of benzene rings is 1. The highest BCUT2D eigenvalue weighted by Gasteiger charge is 2.20. The zero-order valence-corrected chi connectivity index (χ0v) is 9.65. The molecule has 0 saturated carbocycles. The fraction of sp³-hybridized carbons (Fsp3) is 0.538. The number of hydrogen-bond donors (Lipinski definition) is 2. The van der Waals surface area contributed by atoms with Gasteiger partial charge < -0.3 is 15.2 Å². The van der Waals surface area contributed by atoms with Crippen LogP contribution >= 0.6 is 0 Å². The van der Waals surface area contributed by atoms with Crippen molar-refractivity contribution in [2.75, 3.05) is 13.2 Å². The number of aliphatic hydroxyl groups is 1. The van der Waals surface area contributed by atoms with E-state index in [0.717, 1.165) is 25.1 Å². The Morgan fingerprint density at radius 3 is 3.12 bits per heavy atom. The van der Waals surface area contributed by atoms with Crippen molar-refractivity contribution in [2.45, 2.75) is 31.9 Å². The maximum atomic E-state index is 9.64. The highest BCUT2D eigenvalue weighted by Crippen LogP contribution is 2.25. The smallest absolute Gasteiger partial charge is 0.119 e. The first-order valence-electron chi connectivity index (χ1n) is 5.94. The largest absolute Gasteiger partial charge is 0.494 e. The molecule has 1 saturated heterocycles. The Balaban J connectivity index is 2.09. The highest BCUT2D eigenvalue weighted by atomic mass is 16.5. The normalized spacial score (nSPS) is 25.4. The Bertz CT molecular complexity index is 340. The van der Waals surface area contributed by atoms with E-state index >= 15 is 0 Å². The Hall–Kier alpha value is -1.06. The van der Waals surface area contributed by atoms with Crippen LogP contribution in [0.1, 0.15) is 31.4 Å². The lowest BCUT2D eigenvalue weighted by atomic mass is 9.95. The van der Waals surface area contributed by atoms with Gasteiger partial charge in [0.2, 0.25) is 0 Å². The molecule has 16 heavy (non-hydrogen) atoms. The SMILES string of the molecule is CCOc1cccc(C2CC(O)CCN2)c1. The van der Waals surface area contributed by atoms with Crippen LogP contribution in [-0.2, 0) is 0 Å². The molecule has 2 atom stereocenters. The Labute approximate surface area is 96.4 Å². The molecule has 88 valence electrons. The van der Waals surface area contributed by atoms with Crippen LogP contribution in [0.5, 0.6) is 5.75 Å². The zero-order valence-electron chi connectivity index (χ0n) is 9.65. The third-order valence-corrected chi connectivity index (χ3v) is 2.95. The molecule has 1 aromatic rings. The standard InChI is InChI=1S/C13H19NO2/c1-2-16-12-5-3-4-10(8-12)13-9-11(15)6-7-14-13/h3-5,8,11,13-15H,2,6-7,9H2,1H3. The zero-order chi connectivity index (χ0) is 11.4. The minimum atomic E-state index is -0.179. The van der Waals surface area contributed by atoms with Crippen molar-refractivity contribution in [3.8, 4) is 5.75 Å². The molecule has 1 aliphatic rings. The molecule has 2 rings (SSSR count). The van der Waals surface area contributed by atoms with Crippen molar-refractivity contribution in [1.29, 1.82) is 0 Å². The number of nitrogens with one attached hydrogen (secondary N) is 1. The van der Waals surface area contributed by atoms with E-state index in [-0.39, 0.29) is 12.1 Å². The molecule has 0 spiro atoms. The molecule has 0 bridgehead atoms. The minimum absolute atomic E-state index is 0.179. The van der Waals surface area contributed by atoms with Crippen LogP contribution in [0.25, 0.3) is 0 Å². The van der Waals surface area contributed by atoms with Crippen molar-refractivity contribution in [3.63, 3.8) is 0 Å². The Morgan fingerprint density at radius 1 is 1.50 bits per heavy atom. The van der Waals surface area contributed by atoms with Crippen LogP contribution in [0.15, 0.2) is 24.3 Å². The molecular weight excluding hydrogens is 202 g/mol. The molecule has 0 aliphatic carbocycles. The van der Waals surface area contributed by atoms with Gasteiger partial charge in [-0.1, -0.05) is 12.1 Å². The molecule has 2 unspecified atom stereocenters. The first-order valence-corrected chi connectivity index (χ1v) is 5.94. The summed E-state index contributed by atoms with van der Waals surface area (Å²) in [6.45, 7) is 3.55. The summed E-state index contributed by atoms with van der Waals surface area (Å²) in [4.78, 5) is 0. The summed E-state index contributed by atoms with van der Waals surface area (Å²) < 4.78 is 5.47. The quantitative estimate of drug-likeness (QED) is 0.818.